The number of carbonyl (C=O) groups is 1. The van der Waals surface area contributed by atoms with Gasteiger partial charge in [-0.2, -0.15) is 0 Å². The predicted molar refractivity (Wildman–Crippen MR) is 85.8 cm³/mol. The van der Waals surface area contributed by atoms with E-state index in [2.05, 4.69) is 41.2 Å². The smallest absolute Gasteiger partial charge is 0.319 e. The fourth-order valence-electron chi connectivity index (χ4n) is 2.62. The van der Waals surface area contributed by atoms with Crippen molar-refractivity contribution in [3.8, 4) is 0 Å². The summed E-state index contributed by atoms with van der Waals surface area (Å²) in [6, 6.07) is 1.08. The Hall–Kier alpha value is -0.573. The molecule has 0 spiro atoms. The second kappa shape index (κ2) is 8.57. The van der Waals surface area contributed by atoms with Crippen LogP contribution in [0.3, 0.4) is 0 Å². The summed E-state index contributed by atoms with van der Waals surface area (Å²) < 4.78 is 6.00. The number of carbonyl (C=O) groups excluding carboxylic acids is 1. The first kappa shape index (κ1) is 18.4. The lowest BCUT2D eigenvalue weighted by Gasteiger charge is -2.38. The van der Waals surface area contributed by atoms with Crippen molar-refractivity contribution < 1.29 is 9.22 Å². The van der Waals surface area contributed by atoms with Crippen molar-refractivity contribution in [1.82, 2.24) is 0 Å². The van der Waals surface area contributed by atoms with E-state index in [4.69, 9.17) is 4.43 Å². The van der Waals surface area contributed by atoms with Crippen LogP contribution in [0.2, 0.25) is 17.1 Å². The number of unbranched alkanes of at least 4 members (excludes halogenated alkanes) is 3. The van der Waals surface area contributed by atoms with E-state index >= 15 is 0 Å². The molecule has 0 aromatic carbocycles. The van der Waals surface area contributed by atoms with E-state index in [0.29, 0.717) is 16.7 Å². The highest BCUT2D eigenvalue weighted by atomic mass is 28.4. The van der Waals surface area contributed by atoms with Gasteiger partial charge in [0.2, 0.25) is 0 Å². The maximum atomic E-state index is 12.0. The molecule has 0 aromatic rings. The van der Waals surface area contributed by atoms with Gasteiger partial charge in [-0.3, -0.25) is 0 Å². The number of hydrogen-bond donors (Lipinski definition) is 0. The number of rotatable bonds is 9. The van der Waals surface area contributed by atoms with Crippen LogP contribution in [-0.2, 0) is 9.22 Å². The zero-order chi connectivity index (χ0) is 15.1. The van der Waals surface area contributed by atoms with Crippen LogP contribution in [0.1, 0.15) is 67.2 Å². The Balaban J connectivity index is 4.88. The Bertz CT molecular complexity index is 287. The van der Waals surface area contributed by atoms with Gasteiger partial charge in [-0.05, 0) is 24.1 Å². The van der Waals surface area contributed by atoms with Crippen LogP contribution in [0.25, 0.3) is 0 Å². The van der Waals surface area contributed by atoms with Gasteiger partial charge in [0.05, 0.1) is 0 Å². The third kappa shape index (κ3) is 5.51. The SMILES string of the molecule is C=C(C)C(=O)O[Si](CCCCCC)(C(C)C)C(C)C. The first-order valence-electron chi connectivity index (χ1n) is 7.66. The first-order valence-corrected chi connectivity index (χ1v) is 9.93. The van der Waals surface area contributed by atoms with E-state index in [-0.39, 0.29) is 5.97 Å². The molecule has 0 heterocycles. The van der Waals surface area contributed by atoms with Crippen LogP contribution in [0.15, 0.2) is 12.2 Å². The molecule has 0 saturated carbocycles. The van der Waals surface area contributed by atoms with Crippen LogP contribution >= 0.6 is 0 Å². The van der Waals surface area contributed by atoms with Crippen molar-refractivity contribution in [2.75, 3.05) is 0 Å². The minimum absolute atomic E-state index is 0.190. The highest BCUT2D eigenvalue weighted by molar-refractivity contribution is 6.77. The van der Waals surface area contributed by atoms with E-state index in [9.17, 15) is 4.79 Å². The van der Waals surface area contributed by atoms with E-state index < -0.39 is 8.32 Å². The third-order valence-electron chi connectivity index (χ3n) is 4.01. The summed E-state index contributed by atoms with van der Waals surface area (Å²) in [7, 11) is -2.04. The van der Waals surface area contributed by atoms with Crippen LogP contribution < -0.4 is 0 Å². The normalized spacial score (nSPS) is 12.0. The first-order chi connectivity index (χ1) is 8.77. The molecule has 0 radical (unpaired) electrons. The van der Waals surface area contributed by atoms with Crippen molar-refractivity contribution >= 4 is 14.3 Å². The molecule has 0 aromatic heterocycles. The van der Waals surface area contributed by atoms with Crippen LogP contribution in [0, 0.1) is 0 Å². The molecular weight excluding hydrogens is 252 g/mol. The highest BCUT2D eigenvalue weighted by Crippen LogP contribution is 2.38. The Morgan fingerprint density at radius 2 is 1.63 bits per heavy atom. The summed E-state index contributed by atoms with van der Waals surface area (Å²) >= 11 is 0. The zero-order valence-corrected chi connectivity index (χ0v) is 14.7. The molecule has 0 N–H and O–H groups in total. The second-order valence-corrected chi connectivity index (χ2v) is 11.2. The van der Waals surface area contributed by atoms with Gasteiger partial charge in [0.25, 0.3) is 8.32 Å². The van der Waals surface area contributed by atoms with E-state index in [1.54, 1.807) is 6.92 Å². The topological polar surface area (TPSA) is 26.3 Å². The lowest BCUT2D eigenvalue weighted by atomic mass is 10.2. The molecule has 2 nitrogen and oxygen atoms in total. The molecule has 3 heteroatoms. The average Bonchev–Trinajstić information content (AvgIpc) is 2.31. The summed E-state index contributed by atoms with van der Waals surface area (Å²) in [5.41, 5.74) is 1.43. The van der Waals surface area contributed by atoms with Crippen molar-refractivity contribution in [1.29, 1.82) is 0 Å². The van der Waals surface area contributed by atoms with E-state index in [1.165, 1.54) is 25.7 Å². The standard InChI is InChI=1S/C16H32O2Si/c1-8-9-10-11-12-19(14(4)5,15(6)7)18-16(17)13(2)3/h14-15H,2,8-12H2,1,3-7H3. The second-order valence-electron chi connectivity index (χ2n) is 6.24. The fourth-order valence-corrected chi connectivity index (χ4v) is 7.00. The predicted octanol–water partition coefficient (Wildman–Crippen LogP) is 5.45. The van der Waals surface area contributed by atoms with Gasteiger partial charge < -0.3 is 4.43 Å². The van der Waals surface area contributed by atoms with E-state index in [0.717, 1.165) is 6.04 Å². The largest absolute Gasteiger partial charge is 0.515 e. The maximum Gasteiger partial charge on any atom is 0.319 e. The Morgan fingerprint density at radius 3 is 2.00 bits per heavy atom. The maximum absolute atomic E-state index is 12.0. The summed E-state index contributed by atoms with van der Waals surface area (Å²) in [5, 5.41) is 0. The lowest BCUT2D eigenvalue weighted by molar-refractivity contribution is -0.131. The molecule has 0 unspecified atom stereocenters. The molecule has 0 saturated heterocycles. The number of hydrogen-bond acceptors (Lipinski definition) is 2. The van der Waals surface area contributed by atoms with Crippen LogP contribution in [0.4, 0.5) is 0 Å². The monoisotopic (exact) mass is 284 g/mol. The molecule has 112 valence electrons. The molecule has 0 aliphatic heterocycles. The fraction of sp³-hybridized carbons (Fsp3) is 0.812. The average molecular weight is 285 g/mol. The quantitative estimate of drug-likeness (QED) is 0.319. The van der Waals surface area contributed by atoms with Crippen molar-refractivity contribution in [2.24, 2.45) is 0 Å². The highest BCUT2D eigenvalue weighted by Gasteiger charge is 2.44. The lowest BCUT2D eigenvalue weighted by Crippen LogP contribution is -2.46. The van der Waals surface area contributed by atoms with Gasteiger partial charge in [0, 0.05) is 5.57 Å². The minimum Gasteiger partial charge on any atom is -0.515 e. The summed E-state index contributed by atoms with van der Waals surface area (Å²) in [6.07, 6.45) is 4.94. The summed E-state index contributed by atoms with van der Waals surface area (Å²) in [5.74, 6) is -0.190. The van der Waals surface area contributed by atoms with Gasteiger partial charge in [-0.1, -0.05) is 66.9 Å². The Labute approximate surface area is 120 Å². The molecule has 0 rings (SSSR count). The molecular formula is C16H32O2Si. The molecule has 0 bridgehead atoms. The van der Waals surface area contributed by atoms with Crippen LogP contribution in [0.5, 0.6) is 0 Å². The molecule has 0 atom stereocenters. The van der Waals surface area contributed by atoms with Gasteiger partial charge in [-0.15, -0.1) is 0 Å². The van der Waals surface area contributed by atoms with Gasteiger partial charge in [0.15, 0.2) is 0 Å². The Morgan fingerprint density at radius 1 is 1.11 bits per heavy atom. The molecule has 0 amide bonds. The molecule has 19 heavy (non-hydrogen) atoms. The van der Waals surface area contributed by atoms with Gasteiger partial charge in [-0.25, -0.2) is 4.79 Å². The molecule has 0 fully saturated rings. The van der Waals surface area contributed by atoms with Crippen LogP contribution in [-0.4, -0.2) is 14.3 Å². The van der Waals surface area contributed by atoms with Gasteiger partial charge >= 0.3 is 5.97 Å². The van der Waals surface area contributed by atoms with Crippen molar-refractivity contribution in [2.45, 2.75) is 84.4 Å². The molecule has 0 aliphatic rings. The van der Waals surface area contributed by atoms with E-state index in [1.807, 2.05) is 0 Å². The molecule has 0 aliphatic carbocycles. The van der Waals surface area contributed by atoms with Crippen molar-refractivity contribution in [3.63, 3.8) is 0 Å². The van der Waals surface area contributed by atoms with Crippen molar-refractivity contribution in [3.05, 3.63) is 12.2 Å². The zero-order valence-electron chi connectivity index (χ0n) is 13.7. The third-order valence-corrected chi connectivity index (χ3v) is 9.62. The summed E-state index contributed by atoms with van der Waals surface area (Å²) in [4.78, 5) is 12.0. The van der Waals surface area contributed by atoms with Gasteiger partial charge in [0.1, 0.15) is 0 Å². The summed E-state index contributed by atoms with van der Waals surface area (Å²) in [6.45, 7) is 16.5. The Kier molecular flexibility index (Phi) is 8.31. The minimum atomic E-state index is -2.04.